The van der Waals surface area contributed by atoms with E-state index in [1.807, 2.05) is 12.1 Å². The lowest BCUT2D eigenvalue weighted by molar-refractivity contribution is 0.734. The first kappa shape index (κ1) is 13.2. The van der Waals surface area contributed by atoms with Crippen LogP contribution in [0.4, 0.5) is 11.4 Å². The van der Waals surface area contributed by atoms with Crippen molar-refractivity contribution in [2.75, 3.05) is 5.32 Å². The predicted molar refractivity (Wildman–Crippen MR) is 82.6 cm³/mol. The fourth-order valence-electron chi connectivity index (χ4n) is 1.83. The van der Waals surface area contributed by atoms with E-state index in [4.69, 9.17) is 0 Å². The van der Waals surface area contributed by atoms with Crippen molar-refractivity contribution in [3.05, 3.63) is 58.6 Å². The number of anilines is 2. The summed E-state index contributed by atoms with van der Waals surface area (Å²) in [6.07, 6.45) is 1.18. The molecule has 1 N–H and O–H groups in total. The molecule has 2 aromatic carbocycles. The summed E-state index contributed by atoms with van der Waals surface area (Å²) in [4.78, 5) is 0. The number of hydrogen-bond donors (Lipinski definition) is 1. The molecule has 2 aromatic rings. The zero-order valence-electron chi connectivity index (χ0n) is 10.8. The van der Waals surface area contributed by atoms with Gasteiger partial charge in [0.25, 0.3) is 0 Å². The molecular weight excluding hydrogens is 286 g/mol. The lowest BCUT2D eigenvalue weighted by Crippen LogP contribution is -1.93. The van der Waals surface area contributed by atoms with E-state index >= 15 is 0 Å². The quantitative estimate of drug-likeness (QED) is 0.763. The molecule has 1 nitrogen and oxygen atoms in total. The van der Waals surface area contributed by atoms with E-state index in [9.17, 15) is 0 Å². The molecule has 0 radical (unpaired) electrons. The van der Waals surface area contributed by atoms with Crippen LogP contribution in [-0.2, 0) is 0 Å². The monoisotopic (exact) mass is 303 g/mol. The molecule has 0 heterocycles. The van der Waals surface area contributed by atoms with Crippen molar-refractivity contribution in [3.8, 4) is 0 Å². The summed E-state index contributed by atoms with van der Waals surface area (Å²) in [6, 6.07) is 16.9. The third kappa shape index (κ3) is 3.36. The molecule has 0 fully saturated rings. The predicted octanol–water partition coefficient (Wildman–Crippen LogP) is 5.71. The van der Waals surface area contributed by atoms with Gasteiger partial charge in [0.05, 0.1) is 0 Å². The summed E-state index contributed by atoms with van der Waals surface area (Å²) in [7, 11) is 0. The molecule has 0 bridgehead atoms. The van der Waals surface area contributed by atoms with Crippen molar-refractivity contribution in [2.45, 2.75) is 26.2 Å². The van der Waals surface area contributed by atoms with Gasteiger partial charge in [-0.05, 0) is 54.3 Å². The fourth-order valence-corrected chi connectivity index (χ4v) is 2.09. The van der Waals surface area contributed by atoms with Gasteiger partial charge in [-0.3, -0.25) is 0 Å². The van der Waals surface area contributed by atoms with Crippen molar-refractivity contribution in [1.82, 2.24) is 0 Å². The summed E-state index contributed by atoms with van der Waals surface area (Å²) in [6.45, 7) is 4.48. The van der Waals surface area contributed by atoms with E-state index in [0.717, 1.165) is 15.8 Å². The SMILES string of the molecule is CCC(C)c1ccc(Nc2ccc(Br)cc2)cc1. The van der Waals surface area contributed by atoms with Crippen molar-refractivity contribution in [3.63, 3.8) is 0 Å². The van der Waals surface area contributed by atoms with Gasteiger partial charge in [-0.1, -0.05) is 41.9 Å². The van der Waals surface area contributed by atoms with E-state index in [-0.39, 0.29) is 0 Å². The molecule has 94 valence electrons. The van der Waals surface area contributed by atoms with Crippen LogP contribution in [0, 0.1) is 0 Å². The van der Waals surface area contributed by atoms with Crippen LogP contribution in [-0.4, -0.2) is 0 Å². The smallest absolute Gasteiger partial charge is 0.0384 e. The second-order valence-electron chi connectivity index (χ2n) is 4.56. The average Bonchev–Trinajstić information content (AvgIpc) is 2.41. The Morgan fingerprint density at radius 3 is 1.94 bits per heavy atom. The normalized spacial score (nSPS) is 12.2. The Kier molecular flexibility index (Phi) is 4.43. The van der Waals surface area contributed by atoms with E-state index in [1.54, 1.807) is 0 Å². The number of rotatable bonds is 4. The lowest BCUT2D eigenvalue weighted by atomic mass is 9.99. The highest BCUT2D eigenvalue weighted by Crippen LogP contribution is 2.23. The minimum atomic E-state index is 0.631. The number of benzene rings is 2. The van der Waals surface area contributed by atoms with Crippen LogP contribution in [0.2, 0.25) is 0 Å². The zero-order chi connectivity index (χ0) is 13.0. The number of nitrogens with one attached hydrogen (secondary N) is 1. The molecule has 0 saturated heterocycles. The van der Waals surface area contributed by atoms with Gasteiger partial charge in [0.15, 0.2) is 0 Å². The van der Waals surface area contributed by atoms with Crippen LogP contribution in [0.5, 0.6) is 0 Å². The zero-order valence-corrected chi connectivity index (χ0v) is 12.4. The van der Waals surface area contributed by atoms with Crippen LogP contribution >= 0.6 is 15.9 Å². The first-order chi connectivity index (χ1) is 8.69. The third-order valence-corrected chi connectivity index (χ3v) is 3.75. The molecule has 1 atom stereocenters. The second-order valence-corrected chi connectivity index (χ2v) is 5.48. The van der Waals surface area contributed by atoms with Crippen LogP contribution in [0.1, 0.15) is 31.7 Å². The Hall–Kier alpha value is -1.28. The van der Waals surface area contributed by atoms with Gasteiger partial charge in [-0.25, -0.2) is 0 Å². The maximum Gasteiger partial charge on any atom is 0.0384 e. The highest BCUT2D eigenvalue weighted by Gasteiger charge is 2.02. The van der Waals surface area contributed by atoms with Crippen LogP contribution in [0.3, 0.4) is 0 Å². The minimum Gasteiger partial charge on any atom is -0.356 e. The number of hydrogen-bond acceptors (Lipinski definition) is 1. The minimum absolute atomic E-state index is 0.631. The fraction of sp³-hybridized carbons (Fsp3) is 0.250. The maximum absolute atomic E-state index is 3.44. The van der Waals surface area contributed by atoms with Crippen molar-refractivity contribution >= 4 is 27.3 Å². The Labute approximate surface area is 117 Å². The van der Waals surface area contributed by atoms with Crippen LogP contribution in [0.25, 0.3) is 0 Å². The summed E-state index contributed by atoms with van der Waals surface area (Å²) in [5.41, 5.74) is 3.64. The Balaban J connectivity index is 2.08. The van der Waals surface area contributed by atoms with E-state index in [0.29, 0.717) is 5.92 Å². The summed E-state index contributed by atoms with van der Waals surface area (Å²) in [5, 5.41) is 3.39. The van der Waals surface area contributed by atoms with E-state index < -0.39 is 0 Å². The van der Waals surface area contributed by atoms with E-state index in [1.165, 1.54) is 12.0 Å². The first-order valence-corrected chi connectivity index (χ1v) is 7.11. The maximum atomic E-state index is 3.44. The second kappa shape index (κ2) is 6.05. The van der Waals surface area contributed by atoms with Crippen LogP contribution in [0.15, 0.2) is 53.0 Å². The first-order valence-electron chi connectivity index (χ1n) is 6.31. The highest BCUT2D eigenvalue weighted by molar-refractivity contribution is 9.10. The molecule has 2 rings (SSSR count). The van der Waals surface area contributed by atoms with Gasteiger partial charge in [0.1, 0.15) is 0 Å². The summed E-state index contributed by atoms with van der Waals surface area (Å²) < 4.78 is 1.10. The molecule has 0 saturated carbocycles. The Morgan fingerprint density at radius 2 is 1.44 bits per heavy atom. The van der Waals surface area contributed by atoms with Crippen LogP contribution < -0.4 is 5.32 Å². The molecule has 2 heteroatoms. The lowest BCUT2D eigenvalue weighted by Gasteiger charge is -2.11. The van der Waals surface area contributed by atoms with Gasteiger partial charge in [0.2, 0.25) is 0 Å². The van der Waals surface area contributed by atoms with Gasteiger partial charge in [0, 0.05) is 15.8 Å². The largest absolute Gasteiger partial charge is 0.356 e. The van der Waals surface area contributed by atoms with E-state index in [2.05, 4.69) is 71.5 Å². The Bertz CT molecular complexity index is 488. The van der Waals surface area contributed by atoms with Gasteiger partial charge < -0.3 is 5.32 Å². The topological polar surface area (TPSA) is 12.0 Å². The summed E-state index contributed by atoms with van der Waals surface area (Å²) in [5.74, 6) is 0.631. The van der Waals surface area contributed by atoms with Crippen molar-refractivity contribution in [2.24, 2.45) is 0 Å². The van der Waals surface area contributed by atoms with Gasteiger partial charge in [-0.15, -0.1) is 0 Å². The molecule has 0 spiro atoms. The molecule has 1 unspecified atom stereocenters. The van der Waals surface area contributed by atoms with Gasteiger partial charge in [-0.2, -0.15) is 0 Å². The Morgan fingerprint density at radius 1 is 0.944 bits per heavy atom. The molecule has 18 heavy (non-hydrogen) atoms. The molecule has 0 aromatic heterocycles. The molecule has 0 aliphatic heterocycles. The molecule has 0 amide bonds. The average molecular weight is 304 g/mol. The standard InChI is InChI=1S/C16H18BrN/c1-3-12(2)13-4-8-15(9-5-13)18-16-10-6-14(17)7-11-16/h4-12,18H,3H2,1-2H3. The third-order valence-electron chi connectivity index (χ3n) is 3.22. The molecule has 0 aliphatic rings. The highest BCUT2D eigenvalue weighted by atomic mass is 79.9. The van der Waals surface area contributed by atoms with Crippen molar-refractivity contribution in [1.29, 1.82) is 0 Å². The van der Waals surface area contributed by atoms with Gasteiger partial charge >= 0.3 is 0 Å². The molecule has 0 aliphatic carbocycles. The summed E-state index contributed by atoms with van der Waals surface area (Å²) >= 11 is 3.44. The van der Waals surface area contributed by atoms with Crippen molar-refractivity contribution < 1.29 is 0 Å². The molecular formula is C16H18BrN. The number of halogens is 1.